The summed E-state index contributed by atoms with van der Waals surface area (Å²) < 4.78 is 23.1. The number of hydrogen-bond donors (Lipinski definition) is 0. The zero-order valence-corrected chi connectivity index (χ0v) is 19.7. The summed E-state index contributed by atoms with van der Waals surface area (Å²) in [4.78, 5) is 14.2. The molecule has 1 fully saturated rings. The fourth-order valence-electron chi connectivity index (χ4n) is 2.80. The highest BCUT2D eigenvalue weighted by Crippen LogP contribution is 2.39. The molecule has 0 atom stereocenters. The number of halogens is 1. The van der Waals surface area contributed by atoms with E-state index in [9.17, 15) is 4.79 Å². The molecule has 164 valence electrons. The number of rotatable bonds is 9. The molecule has 1 aliphatic heterocycles. The van der Waals surface area contributed by atoms with Crippen LogP contribution in [0.25, 0.3) is 6.08 Å². The normalized spacial score (nSPS) is 14.8. The van der Waals surface area contributed by atoms with Crippen molar-refractivity contribution in [3.05, 3.63) is 51.9 Å². The Hall–Kier alpha value is -2.42. The summed E-state index contributed by atoms with van der Waals surface area (Å²) >= 11 is 12.9. The fourth-order valence-corrected chi connectivity index (χ4v) is 4.26. The van der Waals surface area contributed by atoms with Gasteiger partial charge in [0.2, 0.25) is 0 Å². The molecule has 0 unspecified atom stereocenters. The molecule has 1 saturated heterocycles. The SMILES string of the molecule is CCOc1cc(/C=C2/SC(=S)N(C)C2=O)cc(Cl)c1OCCOc1ccccc1OC. The molecule has 0 saturated carbocycles. The van der Waals surface area contributed by atoms with Gasteiger partial charge in [0.05, 0.1) is 23.6 Å². The van der Waals surface area contributed by atoms with Crippen LogP contribution in [0.1, 0.15) is 12.5 Å². The van der Waals surface area contributed by atoms with Gasteiger partial charge in [-0.3, -0.25) is 9.69 Å². The molecular weight excluding hydrogens is 458 g/mol. The Morgan fingerprint density at radius 1 is 1.10 bits per heavy atom. The molecule has 31 heavy (non-hydrogen) atoms. The van der Waals surface area contributed by atoms with Crippen LogP contribution in [-0.2, 0) is 4.79 Å². The maximum Gasteiger partial charge on any atom is 0.265 e. The van der Waals surface area contributed by atoms with Gasteiger partial charge in [-0.1, -0.05) is 47.7 Å². The summed E-state index contributed by atoms with van der Waals surface area (Å²) in [5.41, 5.74) is 0.722. The number of likely N-dealkylation sites (N-methyl/N-ethyl adjacent to an activating group) is 1. The second-order valence-electron chi connectivity index (χ2n) is 6.35. The van der Waals surface area contributed by atoms with Gasteiger partial charge in [-0.25, -0.2) is 0 Å². The van der Waals surface area contributed by atoms with Gasteiger partial charge in [0, 0.05) is 7.05 Å². The Morgan fingerprint density at radius 3 is 2.45 bits per heavy atom. The summed E-state index contributed by atoms with van der Waals surface area (Å²) in [6.07, 6.45) is 1.74. The summed E-state index contributed by atoms with van der Waals surface area (Å²) in [5, 5.41) is 0.376. The average molecular weight is 480 g/mol. The molecule has 6 nitrogen and oxygen atoms in total. The van der Waals surface area contributed by atoms with Crippen LogP contribution in [0.3, 0.4) is 0 Å². The second-order valence-corrected chi connectivity index (χ2v) is 8.43. The first-order chi connectivity index (χ1) is 14.9. The summed E-state index contributed by atoms with van der Waals surface area (Å²) in [6.45, 7) is 2.86. The molecule has 0 radical (unpaired) electrons. The number of benzene rings is 2. The van der Waals surface area contributed by atoms with Crippen molar-refractivity contribution in [3.8, 4) is 23.0 Å². The van der Waals surface area contributed by atoms with Gasteiger partial charge in [-0.05, 0) is 42.8 Å². The molecule has 0 aromatic heterocycles. The molecule has 0 aliphatic carbocycles. The van der Waals surface area contributed by atoms with Crippen LogP contribution >= 0.6 is 35.6 Å². The Kier molecular flexibility index (Phi) is 8.06. The molecule has 9 heteroatoms. The smallest absolute Gasteiger partial charge is 0.265 e. The van der Waals surface area contributed by atoms with Crippen molar-refractivity contribution >= 4 is 51.9 Å². The fraction of sp³-hybridized carbons (Fsp3) is 0.273. The van der Waals surface area contributed by atoms with Crippen LogP contribution in [0.15, 0.2) is 41.3 Å². The minimum atomic E-state index is -0.141. The molecular formula is C22H22ClNO5S2. The molecule has 3 rings (SSSR count). The molecule has 1 aliphatic rings. The third-order valence-corrected chi connectivity index (χ3v) is 6.04. The lowest BCUT2D eigenvalue weighted by Gasteiger charge is -2.15. The maximum atomic E-state index is 12.3. The van der Waals surface area contributed by atoms with E-state index in [4.69, 9.17) is 42.8 Å². The Balaban J connectivity index is 1.72. The number of para-hydroxylation sites is 2. The van der Waals surface area contributed by atoms with E-state index < -0.39 is 0 Å². The lowest BCUT2D eigenvalue weighted by Crippen LogP contribution is -2.22. The number of hydrogen-bond acceptors (Lipinski definition) is 7. The van der Waals surface area contributed by atoms with E-state index in [0.717, 1.165) is 5.56 Å². The number of amides is 1. The number of nitrogens with zero attached hydrogens (tertiary/aromatic N) is 1. The average Bonchev–Trinajstić information content (AvgIpc) is 2.99. The van der Waals surface area contributed by atoms with Gasteiger partial charge in [0.1, 0.15) is 17.5 Å². The molecule has 0 spiro atoms. The van der Waals surface area contributed by atoms with E-state index >= 15 is 0 Å². The summed E-state index contributed by atoms with van der Waals surface area (Å²) in [6, 6.07) is 10.9. The lowest BCUT2D eigenvalue weighted by molar-refractivity contribution is -0.121. The van der Waals surface area contributed by atoms with Crippen LogP contribution in [-0.4, -0.2) is 49.1 Å². The lowest BCUT2D eigenvalue weighted by atomic mass is 10.1. The quantitative estimate of drug-likeness (QED) is 0.284. The number of carbonyl (C=O) groups excluding carboxylic acids is 1. The molecule has 1 heterocycles. The van der Waals surface area contributed by atoms with Crippen LogP contribution in [0.4, 0.5) is 0 Å². The van der Waals surface area contributed by atoms with Gasteiger partial charge in [-0.2, -0.15) is 0 Å². The number of thiocarbonyl (C=S) groups is 1. The molecule has 0 bridgehead atoms. The largest absolute Gasteiger partial charge is 0.493 e. The Morgan fingerprint density at radius 2 is 1.81 bits per heavy atom. The highest BCUT2D eigenvalue weighted by atomic mass is 35.5. The zero-order chi connectivity index (χ0) is 22.4. The van der Waals surface area contributed by atoms with E-state index in [1.807, 2.05) is 31.2 Å². The van der Waals surface area contributed by atoms with Crippen LogP contribution < -0.4 is 18.9 Å². The highest BCUT2D eigenvalue weighted by molar-refractivity contribution is 8.26. The van der Waals surface area contributed by atoms with Crippen molar-refractivity contribution in [2.24, 2.45) is 0 Å². The van der Waals surface area contributed by atoms with Crippen molar-refractivity contribution in [2.75, 3.05) is 34.0 Å². The van der Waals surface area contributed by atoms with Crippen molar-refractivity contribution < 1.29 is 23.7 Å². The molecule has 2 aromatic carbocycles. The minimum absolute atomic E-state index is 0.141. The molecule has 2 aromatic rings. The van der Waals surface area contributed by atoms with Crippen LogP contribution in [0.5, 0.6) is 23.0 Å². The Labute approximate surface area is 196 Å². The van der Waals surface area contributed by atoms with Crippen LogP contribution in [0.2, 0.25) is 5.02 Å². The van der Waals surface area contributed by atoms with Crippen LogP contribution in [0, 0.1) is 0 Å². The second kappa shape index (κ2) is 10.7. The van der Waals surface area contributed by atoms with Crippen molar-refractivity contribution in [1.82, 2.24) is 4.90 Å². The van der Waals surface area contributed by atoms with E-state index in [-0.39, 0.29) is 12.5 Å². The topological polar surface area (TPSA) is 57.2 Å². The minimum Gasteiger partial charge on any atom is -0.493 e. The van der Waals surface area contributed by atoms with Gasteiger partial charge in [0.25, 0.3) is 5.91 Å². The predicted octanol–water partition coefficient (Wildman–Crippen LogP) is 5.04. The van der Waals surface area contributed by atoms with Crippen molar-refractivity contribution in [1.29, 1.82) is 0 Å². The van der Waals surface area contributed by atoms with E-state index in [0.29, 0.717) is 50.5 Å². The number of thioether (sulfide) groups is 1. The van der Waals surface area contributed by atoms with Gasteiger partial charge in [-0.15, -0.1) is 0 Å². The van der Waals surface area contributed by atoms with Crippen molar-refractivity contribution in [2.45, 2.75) is 6.92 Å². The van der Waals surface area contributed by atoms with E-state index in [1.165, 1.54) is 16.7 Å². The van der Waals surface area contributed by atoms with Gasteiger partial charge in [0.15, 0.2) is 23.0 Å². The molecule has 1 amide bonds. The summed E-state index contributed by atoms with van der Waals surface area (Å²) in [7, 11) is 3.24. The number of methoxy groups -OCH3 is 1. The maximum absolute atomic E-state index is 12.3. The first-order valence-electron chi connectivity index (χ1n) is 9.51. The summed E-state index contributed by atoms with van der Waals surface area (Å²) in [5.74, 6) is 2.06. The number of ether oxygens (including phenoxy) is 4. The van der Waals surface area contributed by atoms with E-state index in [1.54, 1.807) is 32.4 Å². The third kappa shape index (κ3) is 5.64. The number of carbonyl (C=O) groups is 1. The molecule has 0 N–H and O–H groups in total. The highest BCUT2D eigenvalue weighted by Gasteiger charge is 2.28. The third-order valence-electron chi connectivity index (χ3n) is 4.27. The Bertz CT molecular complexity index is 1010. The van der Waals surface area contributed by atoms with E-state index in [2.05, 4.69) is 0 Å². The van der Waals surface area contributed by atoms with Crippen molar-refractivity contribution in [3.63, 3.8) is 0 Å². The monoisotopic (exact) mass is 479 g/mol. The van der Waals surface area contributed by atoms with Gasteiger partial charge >= 0.3 is 0 Å². The standard InChI is InChI=1S/C22H22ClNO5S2/c1-4-27-18-12-14(13-19-21(25)24(2)22(30)31-19)11-15(23)20(18)29-10-9-28-17-8-6-5-7-16(17)26-3/h5-8,11-13H,4,9-10H2,1-3H3/b19-13+. The zero-order valence-electron chi connectivity index (χ0n) is 17.3. The van der Waals surface area contributed by atoms with Gasteiger partial charge < -0.3 is 18.9 Å². The first kappa shape index (κ1) is 23.2. The first-order valence-corrected chi connectivity index (χ1v) is 11.1. The predicted molar refractivity (Wildman–Crippen MR) is 128 cm³/mol.